The second-order valence-electron chi connectivity index (χ2n) is 8.15. The van der Waals surface area contributed by atoms with Crippen LogP contribution >= 0.6 is 0 Å². The van der Waals surface area contributed by atoms with Gasteiger partial charge >= 0.3 is 0 Å². The number of piperidine rings is 1. The summed E-state index contributed by atoms with van der Waals surface area (Å²) in [6, 6.07) is 15.7. The van der Waals surface area contributed by atoms with Gasteiger partial charge in [-0.25, -0.2) is 14.4 Å². The van der Waals surface area contributed by atoms with Gasteiger partial charge in [-0.3, -0.25) is 4.79 Å². The number of nitrogens with zero attached hydrogens (tertiary/aromatic N) is 4. The summed E-state index contributed by atoms with van der Waals surface area (Å²) in [5.41, 5.74) is 2.62. The number of carbonyl (C=O) groups is 1. The van der Waals surface area contributed by atoms with Gasteiger partial charge in [0, 0.05) is 44.9 Å². The summed E-state index contributed by atoms with van der Waals surface area (Å²) in [6.45, 7) is 1.27. The molecule has 0 saturated carbocycles. The van der Waals surface area contributed by atoms with Crippen molar-refractivity contribution in [2.75, 3.05) is 38.7 Å². The first-order valence-corrected chi connectivity index (χ1v) is 10.8. The lowest BCUT2D eigenvalue weighted by molar-refractivity contribution is -0.134. The van der Waals surface area contributed by atoms with Crippen LogP contribution in [0.4, 0.5) is 10.3 Å². The van der Waals surface area contributed by atoms with Crippen LogP contribution in [-0.4, -0.2) is 54.6 Å². The highest BCUT2D eigenvalue weighted by Crippen LogP contribution is 2.34. The van der Waals surface area contributed by atoms with Crippen LogP contribution in [0.5, 0.6) is 5.75 Å². The summed E-state index contributed by atoms with van der Waals surface area (Å²) in [4.78, 5) is 25.8. The van der Waals surface area contributed by atoms with E-state index in [0.717, 1.165) is 29.7 Å². The fraction of sp³-hybridized carbons (Fsp3) is 0.320. The zero-order valence-corrected chi connectivity index (χ0v) is 18.4. The lowest BCUT2D eigenvalue weighted by Crippen LogP contribution is -2.41. The van der Waals surface area contributed by atoms with E-state index in [1.807, 2.05) is 54.2 Å². The molecule has 0 N–H and O–H groups in total. The molecule has 166 valence electrons. The van der Waals surface area contributed by atoms with Crippen LogP contribution in [0.3, 0.4) is 0 Å². The van der Waals surface area contributed by atoms with Gasteiger partial charge in [0.2, 0.25) is 5.95 Å². The van der Waals surface area contributed by atoms with Crippen molar-refractivity contribution in [1.29, 1.82) is 0 Å². The quantitative estimate of drug-likeness (QED) is 0.584. The van der Waals surface area contributed by atoms with Crippen LogP contribution < -0.4 is 9.64 Å². The monoisotopic (exact) mass is 434 g/mol. The SMILES string of the molecule is CN(C)c1ncc(-c2ccc(F)cc2)c(C2CCCN(C(=O)COc3ccccc3)C2)n1. The van der Waals surface area contributed by atoms with Crippen molar-refractivity contribution >= 4 is 11.9 Å². The number of aromatic nitrogens is 2. The Kier molecular flexibility index (Phi) is 6.63. The van der Waals surface area contributed by atoms with Gasteiger partial charge in [-0.2, -0.15) is 0 Å². The van der Waals surface area contributed by atoms with Gasteiger partial charge in [0.05, 0.1) is 5.69 Å². The molecule has 2 aromatic carbocycles. The molecular weight excluding hydrogens is 407 g/mol. The van der Waals surface area contributed by atoms with E-state index < -0.39 is 0 Å². The molecular formula is C25H27FN4O2. The molecule has 1 aliphatic rings. The van der Waals surface area contributed by atoms with E-state index in [1.165, 1.54) is 12.1 Å². The third-order valence-electron chi connectivity index (χ3n) is 5.63. The van der Waals surface area contributed by atoms with E-state index in [2.05, 4.69) is 4.98 Å². The van der Waals surface area contributed by atoms with Gasteiger partial charge in [0.1, 0.15) is 11.6 Å². The Balaban J connectivity index is 1.55. The second-order valence-corrected chi connectivity index (χ2v) is 8.15. The average Bonchev–Trinajstić information content (AvgIpc) is 2.83. The van der Waals surface area contributed by atoms with Crippen molar-refractivity contribution in [3.8, 4) is 16.9 Å². The van der Waals surface area contributed by atoms with Gasteiger partial charge in [0.25, 0.3) is 5.91 Å². The molecule has 1 amide bonds. The molecule has 1 aromatic heterocycles. The Hall–Kier alpha value is -3.48. The van der Waals surface area contributed by atoms with E-state index in [9.17, 15) is 9.18 Å². The van der Waals surface area contributed by atoms with E-state index in [4.69, 9.17) is 9.72 Å². The largest absolute Gasteiger partial charge is 0.484 e. The van der Waals surface area contributed by atoms with Crippen molar-refractivity contribution < 1.29 is 13.9 Å². The third kappa shape index (κ3) is 5.04. The fourth-order valence-electron chi connectivity index (χ4n) is 3.94. The maximum absolute atomic E-state index is 13.5. The summed E-state index contributed by atoms with van der Waals surface area (Å²) in [5, 5.41) is 0. The van der Waals surface area contributed by atoms with Crippen LogP contribution in [0.2, 0.25) is 0 Å². The fourth-order valence-corrected chi connectivity index (χ4v) is 3.94. The maximum atomic E-state index is 13.5. The van der Waals surface area contributed by atoms with E-state index in [1.54, 1.807) is 18.3 Å². The molecule has 1 aliphatic heterocycles. The standard InChI is InChI=1S/C25H27FN4O2/c1-29(2)25-27-15-22(18-10-12-20(26)13-11-18)24(28-25)19-7-6-14-30(16-19)23(31)17-32-21-8-4-3-5-9-21/h3-5,8-13,15,19H,6-7,14,16-17H2,1-2H3. The lowest BCUT2D eigenvalue weighted by atomic mass is 9.90. The zero-order chi connectivity index (χ0) is 22.5. The van der Waals surface area contributed by atoms with E-state index in [-0.39, 0.29) is 24.2 Å². The summed E-state index contributed by atoms with van der Waals surface area (Å²) >= 11 is 0. The topological polar surface area (TPSA) is 58.6 Å². The Morgan fingerprint density at radius 2 is 1.91 bits per heavy atom. The minimum absolute atomic E-state index is 0.00821. The predicted octanol–water partition coefficient (Wildman–Crippen LogP) is 4.13. The van der Waals surface area contributed by atoms with Gasteiger partial charge in [0.15, 0.2) is 6.61 Å². The number of halogens is 1. The molecule has 3 aromatic rings. The molecule has 0 bridgehead atoms. The molecule has 0 spiro atoms. The van der Waals surface area contributed by atoms with Crippen LogP contribution in [-0.2, 0) is 4.79 Å². The average molecular weight is 435 g/mol. The van der Waals surface area contributed by atoms with Crippen LogP contribution in [0, 0.1) is 5.82 Å². The van der Waals surface area contributed by atoms with Gasteiger partial charge in [-0.1, -0.05) is 30.3 Å². The van der Waals surface area contributed by atoms with Crippen molar-refractivity contribution in [3.05, 3.63) is 72.3 Å². The highest BCUT2D eigenvalue weighted by atomic mass is 19.1. The molecule has 0 aliphatic carbocycles. The Labute approximate surface area is 187 Å². The number of hydrogen-bond donors (Lipinski definition) is 0. The smallest absolute Gasteiger partial charge is 0.260 e. The van der Waals surface area contributed by atoms with Crippen LogP contribution in [0.25, 0.3) is 11.1 Å². The first-order chi connectivity index (χ1) is 15.5. The van der Waals surface area contributed by atoms with E-state index in [0.29, 0.717) is 24.8 Å². The number of benzene rings is 2. The number of para-hydroxylation sites is 1. The highest BCUT2D eigenvalue weighted by molar-refractivity contribution is 5.78. The van der Waals surface area contributed by atoms with Crippen molar-refractivity contribution in [3.63, 3.8) is 0 Å². The minimum atomic E-state index is -0.283. The molecule has 1 unspecified atom stereocenters. The van der Waals surface area contributed by atoms with Gasteiger partial charge in [-0.05, 0) is 42.7 Å². The molecule has 7 heteroatoms. The number of carbonyl (C=O) groups excluding carboxylic acids is 1. The lowest BCUT2D eigenvalue weighted by Gasteiger charge is -2.33. The molecule has 4 rings (SSSR count). The van der Waals surface area contributed by atoms with Gasteiger partial charge < -0.3 is 14.5 Å². The van der Waals surface area contributed by atoms with Crippen molar-refractivity contribution in [2.45, 2.75) is 18.8 Å². The highest BCUT2D eigenvalue weighted by Gasteiger charge is 2.28. The Bertz CT molecular complexity index is 1060. The van der Waals surface area contributed by atoms with Gasteiger partial charge in [-0.15, -0.1) is 0 Å². The number of ether oxygens (including phenoxy) is 1. The summed E-state index contributed by atoms with van der Waals surface area (Å²) in [6.07, 6.45) is 3.59. The van der Waals surface area contributed by atoms with Crippen LogP contribution in [0.1, 0.15) is 24.5 Å². The molecule has 0 radical (unpaired) electrons. The molecule has 1 fully saturated rings. The number of amides is 1. The third-order valence-corrected chi connectivity index (χ3v) is 5.63. The number of likely N-dealkylation sites (tertiary alicyclic amines) is 1. The Morgan fingerprint density at radius 1 is 1.16 bits per heavy atom. The van der Waals surface area contributed by atoms with Crippen LogP contribution in [0.15, 0.2) is 60.8 Å². The number of rotatable bonds is 6. The molecule has 2 heterocycles. The minimum Gasteiger partial charge on any atom is -0.484 e. The first-order valence-electron chi connectivity index (χ1n) is 10.8. The molecule has 1 saturated heterocycles. The van der Waals surface area contributed by atoms with E-state index >= 15 is 0 Å². The second kappa shape index (κ2) is 9.77. The number of anilines is 1. The normalized spacial score (nSPS) is 16.0. The molecule has 32 heavy (non-hydrogen) atoms. The maximum Gasteiger partial charge on any atom is 0.260 e. The Morgan fingerprint density at radius 3 is 2.62 bits per heavy atom. The number of hydrogen-bond acceptors (Lipinski definition) is 5. The summed E-state index contributed by atoms with van der Waals surface area (Å²) in [5.74, 6) is 1.03. The zero-order valence-electron chi connectivity index (χ0n) is 18.4. The molecule has 6 nitrogen and oxygen atoms in total. The first kappa shape index (κ1) is 21.7. The summed E-state index contributed by atoms with van der Waals surface area (Å²) in [7, 11) is 3.79. The van der Waals surface area contributed by atoms with Crippen molar-refractivity contribution in [1.82, 2.24) is 14.9 Å². The van der Waals surface area contributed by atoms with Crippen molar-refractivity contribution in [2.24, 2.45) is 0 Å². The molecule has 1 atom stereocenters. The predicted molar refractivity (Wildman–Crippen MR) is 122 cm³/mol. The summed E-state index contributed by atoms with van der Waals surface area (Å²) < 4.78 is 19.1.